The maximum Gasteiger partial charge on any atom is 0.182 e. The molecular weight excluding hydrogens is 661 g/mol. The van der Waals surface area contributed by atoms with E-state index in [1.54, 1.807) is 6.20 Å². The molecule has 9 rings (SSSR count). The Morgan fingerprint density at radius 2 is 0.963 bits per heavy atom. The van der Waals surface area contributed by atoms with Crippen molar-refractivity contribution in [2.45, 2.75) is 26.2 Å². The van der Waals surface area contributed by atoms with Crippen LogP contribution in [0.25, 0.3) is 89.7 Å². The van der Waals surface area contributed by atoms with Gasteiger partial charge in [0, 0.05) is 39.2 Å². The maximum atomic E-state index is 5.26. The van der Waals surface area contributed by atoms with Gasteiger partial charge >= 0.3 is 0 Å². The second-order valence-corrected chi connectivity index (χ2v) is 14.4. The highest BCUT2D eigenvalue weighted by Gasteiger charge is 2.21. The lowest BCUT2D eigenvalue weighted by Crippen LogP contribution is -2.12. The van der Waals surface area contributed by atoms with Crippen LogP contribution in [0.4, 0.5) is 0 Å². The van der Waals surface area contributed by atoms with E-state index in [9.17, 15) is 0 Å². The van der Waals surface area contributed by atoms with Crippen LogP contribution in [0.5, 0.6) is 0 Å². The molecular formula is C48H36N6. The predicted octanol–water partition coefficient (Wildman–Crippen LogP) is 11.7. The van der Waals surface area contributed by atoms with Crippen molar-refractivity contribution in [3.05, 3.63) is 169 Å². The lowest BCUT2D eigenvalue weighted by Gasteiger charge is -2.23. The van der Waals surface area contributed by atoms with E-state index in [2.05, 4.69) is 117 Å². The molecule has 0 atom stereocenters. The summed E-state index contributed by atoms with van der Waals surface area (Å²) in [5.41, 5.74) is 11.7. The number of hydrogen-bond donors (Lipinski definition) is 0. The van der Waals surface area contributed by atoms with Gasteiger partial charge in [0.05, 0.1) is 22.4 Å². The van der Waals surface area contributed by atoms with Crippen molar-refractivity contribution >= 4 is 21.8 Å². The summed E-state index contributed by atoms with van der Waals surface area (Å²) in [6.45, 7) is 6.77. The van der Waals surface area contributed by atoms with Gasteiger partial charge in [0.2, 0.25) is 0 Å². The number of fused-ring (bicyclic) bond motifs is 3. The van der Waals surface area contributed by atoms with Crippen molar-refractivity contribution in [1.29, 1.82) is 0 Å². The highest BCUT2D eigenvalue weighted by molar-refractivity contribution is 6.05. The van der Waals surface area contributed by atoms with Crippen molar-refractivity contribution in [2.75, 3.05) is 0 Å². The first kappa shape index (κ1) is 33.0. The number of pyridine rings is 3. The highest BCUT2D eigenvalue weighted by atomic mass is 15.0. The molecule has 54 heavy (non-hydrogen) atoms. The second-order valence-electron chi connectivity index (χ2n) is 14.4. The zero-order valence-electron chi connectivity index (χ0n) is 30.3. The molecule has 0 N–H and O–H groups in total. The van der Waals surface area contributed by atoms with Crippen LogP contribution in [0.1, 0.15) is 26.3 Å². The van der Waals surface area contributed by atoms with Gasteiger partial charge in [-0.2, -0.15) is 0 Å². The Morgan fingerprint density at radius 3 is 1.69 bits per heavy atom. The van der Waals surface area contributed by atoms with Crippen molar-refractivity contribution in [1.82, 2.24) is 29.9 Å². The van der Waals surface area contributed by atoms with Crippen LogP contribution < -0.4 is 0 Å². The maximum absolute atomic E-state index is 5.26. The molecule has 0 fully saturated rings. The molecule has 5 aromatic carbocycles. The van der Waals surface area contributed by atoms with E-state index in [1.807, 2.05) is 66.7 Å². The lowest BCUT2D eigenvalue weighted by molar-refractivity contribution is 0.595. The van der Waals surface area contributed by atoms with Gasteiger partial charge in [-0.15, -0.1) is 0 Å². The van der Waals surface area contributed by atoms with Gasteiger partial charge in [0.15, 0.2) is 17.5 Å². The molecule has 4 aromatic heterocycles. The van der Waals surface area contributed by atoms with E-state index < -0.39 is 0 Å². The molecule has 6 nitrogen and oxygen atoms in total. The van der Waals surface area contributed by atoms with E-state index in [1.165, 1.54) is 5.56 Å². The van der Waals surface area contributed by atoms with Gasteiger partial charge in [-0.05, 0) is 52.4 Å². The van der Waals surface area contributed by atoms with Gasteiger partial charge in [-0.1, -0.05) is 148 Å². The molecule has 0 spiro atoms. The Kier molecular flexibility index (Phi) is 8.28. The van der Waals surface area contributed by atoms with Gasteiger partial charge in [0.1, 0.15) is 5.69 Å². The van der Waals surface area contributed by atoms with Crippen molar-refractivity contribution < 1.29 is 0 Å². The molecule has 0 amide bonds. The first-order valence-corrected chi connectivity index (χ1v) is 18.1. The van der Waals surface area contributed by atoms with Crippen LogP contribution in [0, 0.1) is 0 Å². The van der Waals surface area contributed by atoms with Gasteiger partial charge < -0.3 is 0 Å². The summed E-state index contributed by atoms with van der Waals surface area (Å²) in [5.74, 6) is 1.73. The molecule has 0 aliphatic carbocycles. The monoisotopic (exact) mass is 696 g/mol. The third-order valence-electron chi connectivity index (χ3n) is 9.71. The lowest BCUT2D eigenvalue weighted by atomic mass is 9.83. The van der Waals surface area contributed by atoms with E-state index in [4.69, 9.17) is 24.9 Å². The SMILES string of the molecule is CC(C)(C)c1cc(-c2ccccc2)nc2c1ccc1ccc(-c3ccc(-c4cccc(-c5nc(-c6ccccc6)nc(-c6ccccn6)n5)c4)cc3)nc12. The Balaban J connectivity index is 1.09. The molecule has 0 radical (unpaired) electrons. The van der Waals surface area contributed by atoms with E-state index in [0.717, 1.165) is 66.6 Å². The van der Waals surface area contributed by atoms with Crippen LogP contribution in [-0.4, -0.2) is 29.9 Å². The van der Waals surface area contributed by atoms with E-state index in [0.29, 0.717) is 23.2 Å². The van der Waals surface area contributed by atoms with Gasteiger partial charge in [-0.25, -0.2) is 24.9 Å². The largest absolute Gasteiger partial charge is 0.253 e. The summed E-state index contributed by atoms with van der Waals surface area (Å²) >= 11 is 0. The summed E-state index contributed by atoms with van der Waals surface area (Å²) < 4.78 is 0. The zero-order chi connectivity index (χ0) is 36.6. The summed E-state index contributed by atoms with van der Waals surface area (Å²) in [6.07, 6.45) is 1.75. The van der Waals surface area contributed by atoms with E-state index >= 15 is 0 Å². The second kappa shape index (κ2) is 13.6. The Hall–Kier alpha value is -6.92. The number of nitrogens with zero attached hydrogens (tertiary/aromatic N) is 6. The minimum atomic E-state index is -0.0712. The van der Waals surface area contributed by atoms with Crippen LogP contribution in [-0.2, 0) is 5.41 Å². The van der Waals surface area contributed by atoms with Crippen LogP contribution in [0.15, 0.2) is 164 Å². The smallest absolute Gasteiger partial charge is 0.182 e. The van der Waals surface area contributed by atoms with Crippen LogP contribution >= 0.6 is 0 Å². The molecule has 0 aliphatic rings. The fourth-order valence-electron chi connectivity index (χ4n) is 6.91. The van der Waals surface area contributed by atoms with Gasteiger partial charge in [-0.3, -0.25) is 4.98 Å². The number of rotatable bonds is 6. The van der Waals surface area contributed by atoms with Crippen LogP contribution in [0.3, 0.4) is 0 Å². The third-order valence-corrected chi connectivity index (χ3v) is 9.71. The molecule has 0 unspecified atom stereocenters. The van der Waals surface area contributed by atoms with Crippen molar-refractivity contribution in [3.8, 4) is 67.9 Å². The number of aromatic nitrogens is 6. The summed E-state index contributed by atoms with van der Waals surface area (Å²) in [5, 5.41) is 2.20. The molecule has 4 heterocycles. The molecule has 0 saturated heterocycles. The molecule has 0 saturated carbocycles. The Labute approximate surface area is 314 Å². The summed E-state index contributed by atoms with van der Waals surface area (Å²) in [6, 6.07) is 53.9. The average molecular weight is 697 g/mol. The molecule has 0 aliphatic heterocycles. The first-order valence-electron chi connectivity index (χ1n) is 18.1. The minimum absolute atomic E-state index is 0.0712. The molecule has 6 heteroatoms. The Morgan fingerprint density at radius 1 is 0.370 bits per heavy atom. The standard InChI is InChI=1S/C48H36N6/c1-48(2,3)39-30-42(32-13-6-4-7-14-32)51-44-38(39)26-24-34-25-27-40(50-43(34)44)33-22-20-31(21-23-33)36-17-12-18-37(29-36)46-52-45(35-15-8-5-9-16-35)53-47(54-46)41-19-10-11-28-49-41/h4-30H,1-3H3. The van der Waals surface area contributed by atoms with Crippen LogP contribution in [0.2, 0.25) is 0 Å². The molecule has 258 valence electrons. The molecule has 9 aromatic rings. The summed E-state index contributed by atoms with van der Waals surface area (Å²) in [7, 11) is 0. The minimum Gasteiger partial charge on any atom is -0.253 e. The van der Waals surface area contributed by atoms with E-state index in [-0.39, 0.29) is 5.41 Å². The zero-order valence-corrected chi connectivity index (χ0v) is 30.3. The number of benzene rings is 5. The Bertz CT molecular complexity index is 2720. The van der Waals surface area contributed by atoms with Gasteiger partial charge in [0.25, 0.3) is 0 Å². The summed E-state index contributed by atoms with van der Waals surface area (Å²) in [4.78, 5) is 29.6. The fourth-order valence-corrected chi connectivity index (χ4v) is 6.91. The van der Waals surface area contributed by atoms with Crippen molar-refractivity contribution in [2.24, 2.45) is 0 Å². The predicted molar refractivity (Wildman–Crippen MR) is 220 cm³/mol. The highest BCUT2D eigenvalue weighted by Crippen LogP contribution is 2.37. The normalized spacial score (nSPS) is 11.6. The fraction of sp³-hybridized carbons (Fsp3) is 0.0833. The topological polar surface area (TPSA) is 77.3 Å². The number of hydrogen-bond acceptors (Lipinski definition) is 6. The third kappa shape index (κ3) is 6.39. The average Bonchev–Trinajstić information content (AvgIpc) is 3.23. The first-order chi connectivity index (χ1) is 26.4. The van der Waals surface area contributed by atoms with Crippen molar-refractivity contribution in [3.63, 3.8) is 0 Å². The molecule has 0 bridgehead atoms. The quantitative estimate of drug-likeness (QED) is 0.161.